The van der Waals surface area contributed by atoms with Crippen LogP contribution in [-0.4, -0.2) is 10.9 Å². The predicted octanol–water partition coefficient (Wildman–Crippen LogP) is 3.42. The number of aryl methyl sites for hydroxylation is 1. The van der Waals surface area contributed by atoms with E-state index >= 15 is 0 Å². The molecule has 4 heteroatoms. The van der Waals surface area contributed by atoms with Gasteiger partial charge in [0.2, 0.25) is 5.91 Å². The summed E-state index contributed by atoms with van der Waals surface area (Å²) in [4.78, 5) is 15.7. The molecule has 18 heavy (non-hydrogen) atoms. The van der Waals surface area contributed by atoms with Crippen LogP contribution in [0.3, 0.4) is 0 Å². The summed E-state index contributed by atoms with van der Waals surface area (Å²) in [5.41, 5.74) is 1.93. The summed E-state index contributed by atoms with van der Waals surface area (Å²) >= 11 is 3.37. The molecule has 92 valence electrons. The lowest BCUT2D eigenvalue weighted by Crippen LogP contribution is -2.12. The SMILES string of the molecule is O=C(CCc1ccncc1)Nc1cccc(Br)c1. The van der Waals surface area contributed by atoms with Gasteiger partial charge in [0, 0.05) is 29.0 Å². The standard InChI is InChI=1S/C14H13BrN2O/c15-12-2-1-3-13(10-12)17-14(18)5-4-11-6-8-16-9-7-11/h1-3,6-10H,4-5H2,(H,17,18). The van der Waals surface area contributed by atoms with Crippen molar-refractivity contribution in [3.8, 4) is 0 Å². The molecule has 0 unspecified atom stereocenters. The maximum Gasteiger partial charge on any atom is 0.224 e. The van der Waals surface area contributed by atoms with Crippen LogP contribution in [0.15, 0.2) is 53.3 Å². The summed E-state index contributed by atoms with van der Waals surface area (Å²) in [5, 5.41) is 2.87. The first-order valence-corrected chi connectivity index (χ1v) is 6.47. The topological polar surface area (TPSA) is 42.0 Å². The molecule has 0 aliphatic heterocycles. The average Bonchev–Trinajstić information content (AvgIpc) is 2.38. The van der Waals surface area contributed by atoms with Gasteiger partial charge in [-0.2, -0.15) is 0 Å². The lowest BCUT2D eigenvalue weighted by Gasteiger charge is -2.05. The number of carbonyl (C=O) groups excluding carboxylic acids is 1. The number of benzene rings is 1. The number of anilines is 1. The van der Waals surface area contributed by atoms with E-state index in [-0.39, 0.29) is 5.91 Å². The van der Waals surface area contributed by atoms with Crippen molar-refractivity contribution >= 4 is 27.5 Å². The van der Waals surface area contributed by atoms with Gasteiger partial charge in [0.15, 0.2) is 0 Å². The van der Waals surface area contributed by atoms with Crippen LogP contribution in [0.2, 0.25) is 0 Å². The van der Waals surface area contributed by atoms with Gasteiger partial charge in [-0.1, -0.05) is 22.0 Å². The van der Waals surface area contributed by atoms with E-state index in [0.29, 0.717) is 6.42 Å². The van der Waals surface area contributed by atoms with Gasteiger partial charge >= 0.3 is 0 Å². The first-order chi connectivity index (χ1) is 8.74. The predicted molar refractivity (Wildman–Crippen MR) is 75.3 cm³/mol. The van der Waals surface area contributed by atoms with Gasteiger partial charge in [-0.3, -0.25) is 9.78 Å². The Kier molecular flexibility index (Phi) is 4.47. The molecule has 0 radical (unpaired) electrons. The fraction of sp³-hybridized carbons (Fsp3) is 0.143. The summed E-state index contributed by atoms with van der Waals surface area (Å²) in [6.45, 7) is 0. The van der Waals surface area contributed by atoms with Gasteiger partial charge in [-0.05, 0) is 42.3 Å². The quantitative estimate of drug-likeness (QED) is 0.940. The normalized spacial score (nSPS) is 10.1. The van der Waals surface area contributed by atoms with E-state index in [1.54, 1.807) is 12.4 Å². The number of nitrogens with one attached hydrogen (secondary N) is 1. The number of carbonyl (C=O) groups is 1. The van der Waals surface area contributed by atoms with Crippen molar-refractivity contribution in [2.45, 2.75) is 12.8 Å². The monoisotopic (exact) mass is 304 g/mol. The molecule has 0 saturated carbocycles. The third-order valence-corrected chi connectivity index (χ3v) is 2.99. The van der Waals surface area contributed by atoms with Crippen LogP contribution in [0.4, 0.5) is 5.69 Å². The molecular formula is C14H13BrN2O. The van der Waals surface area contributed by atoms with Crippen molar-refractivity contribution in [2.24, 2.45) is 0 Å². The number of amides is 1. The largest absolute Gasteiger partial charge is 0.326 e. The highest BCUT2D eigenvalue weighted by atomic mass is 79.9. The Hall–Kier alpha value is -1.68. The van der Waals surface area contributed by atoms with Gasteiger partial charge < -0.3 is 5.32 Å². The number of nitrogens with zero attached hydrogens (tertiary/aromatic N) is 1. The summed E-state index contributed by atoms with van der Waals surface area (Å²) in [6, 6.07) is 11.4. The van der Waals surface area contributed by atoms with Gasteiger partial charge in [0.1, 0.15) is 0 Å². The van der Waals surface area contributed by atoms with E-state index in [1.165, 1.54) is 0 Å². The fourth-order valence-corrected chi connectivity index (χ4v) is 2.00. The molecule has 2 rings (SSSR count). The molecule has 0 saturated heterocycles. The molecule has 2 aromatic rings. The van der Waals surface area contributed by atoms with Crippen molar-refractivity contribution in [3.05, 3.63) is 58.8 Å². The summed E-state index contributed by atoms with van der Waals surface area (Å²) in [7, 11) is 0. The highest BCUT2D eigenvalue weighted by molar-refractivity contribution is 9.10. The molecule has 1 aromatic heterocycles. The number of hydrogen-bond donors (Lipinski definition) is 1. The number of hydrogen-bond acceptors (Lipinski definition) is 2. The minimum Gasteiger partial charge on any atom is -0.326 e. The molecule has 1 N–H and O–H groups in total. The average molecular weight is 305 g/mol. The van der Waals surface area contributed by atoms with Gasteiger partial charge in [0.05, 0.1) is 0 Å². The maximum absolute atomic E-state index is 11.8. The number of halogens is 1. The van der Waals surface area contributed by atoms with Crippen LogP contribution in [0.1, 0.15) is 12.0 Å². The number of rotatable bonds is 4. The summed E-state index contributed by atoms with van der Waals surface area (Å²) in [6.07, 6.45) is 4.67. The zero-order valence-electron chi connectivity index (χ0n) is 9.77. The van der Waals surface area contributed by atoms with E-state index in [4.69, 9.17) is 0 Å². The van der Waals surface area contributed by atoms with E-state index in [1.807, 2.05) is 36.4 Å². The third kappa shape index (κ3) is 3.96. The molecule has 1 heterocycles. The van der Waals surface area contributed by atoms with Crippen LogP contribution in [0, 0.1) is 0 Å². The van der Waals surface area contributed by atoms with Crippen molar-refractivity contribution in [3.63, 3.8) is 0 Å². The molecule has 0 aliphatic carbocycles. The van der Waals surface area contributed by atoms with Gasteiger partial charge in [-0.15, -0.1) is 0 Å². The molecule has 1 aromatic carbocycles. The highest BCUT2D eigenvalue weighted by Gasteiger charge is 2.03. The molecule has 0 spiro atoms. The second kappa shape index (κ2) is 6.31. The van der Waals surface area contributed by atoms with Crippen LogP contribution >= 0.6 is 15.9 Å². The van der Waals surface area contributed by atoms with Gasteiger partial charge in [-0.25, -0.2) is 0 Å². The summed E-state index contributed by atoms with van der Waals surface area (Å²) in [5.74, 6) is 0.0184. The Labute approximate surface area is 114 Å². The zero-order valence-corrected chi connectivity index (χ0v) is 11.4. The number of pyridine rings is 1. The smallest absolute Gasteiger partial charge is 0.224 e. The van der Waals surface area contributed by atoms with Crippen molar-refractivity contribution in [2.75, 3.05) is 5.32 Å². The van der Waals surface area contributed by atoms with Crippen LogP contribution in [0.25, 0.3) is 0 Å². The van der Waals surface area contributed by atoms with E-state index < -0.39 is 0 Å². The third-order valence-electron chi connectivity index (χ3n) is 2.50. The Morgan fingerprint density at radius 1 is 1.22 bits per heavy atom. The van der Waals surface area contributed by atoms with E-state index in [2.05, 4.69) is 26.2 Å². The molecule has 1 amide bonds. The zero-order chi connectivity index (χ0) is 12.8. The van der Waals surface area contributed by atoms with Crippen molar-refractivity contribution in [1.29, 1.82) is 0 Å². The van der Waals surface area contributed by atoms with Gasteiger partial charge in [0.25, 0.3) is 0 Å². The van der Waals surface area contributed by atoms with Crippen LogP contribution in [0.5, 0.6) is 0 Å². The lowest BCUT2D eigenvalue weighted by molar-refractivity contribution is -0.116. The first kappa shape index (κ1) is 12.8. The highest BCUT2D eigenvalue weighted by Crippen LogP contribution is 2.15. The van der Waals surface area contributed by atoms with Crippen LogP contribution < -0.4 is 5.32 Å². The van der Waals surface area contributed by atoms with Crippen molar-refractivity contribution < 1.29 is 4.79 Å². The summed E-state index contributed by atoms with van der Waals surface area (Å²) < 4.78 is 0.953. The lowest BCUT2D eigenvalue weighted by atomic mass is 10.1. The Bertz CT molecular complexity index is 528. The molecular weight excluding hydrogens is 292 g/mol. The number of aromatic nitrogens is 1. The molecule has 0 atom stereocenters. The Morgan fingerprint density at radius 2 is 2.00 bits per heavy atom. The van der Waals surface area contributed by atoms with Crippen molar-refractivity contribution in [1.82, 2.24) is 4.98 Å². The molecule has 0 bridgehead atoms. The van der Waals surface area contributed by atoms with E-state index in [0.717, 1.165) is 22.1 Å². The van der Waals surface area contributed by atoms with Crippen LogP contribution in [-0.2, 0) is 11.2 Å². The Morgan fingerprint density at radius 3 is 2.72 bits per heavy atom. The second-order valence-electron chi connectivity index (χ2n) is 3.91. The molecule has 3 nitrogen and oxygen atoms in total. The fourth-order valence-electron chi connectivity index (χ4n) is 1.60. The minimum atomic E-state index is 0.0184. The van der Waals surface area contributed by atoms with E-state index in [9.17, 15) is 4.79 Å². The first-order valence-electron chi connectivity index (χ1n) is 5.68. The second-order valence-corrected chi connectivity index (χ2v) is 4.83. The molecule has 0 aliphatic rings. The molecule has 0 fully saturated rings. The minimum absolute atomic E-state index is 0.0184. The maximum atomic E-state index is 11.8. The Balaban J connectivity index is 1.86.